The molecule has 2 aromatic heterocycles. The molecule has 1 saturated heterocycles. The minimum Gasteiger partial charge on any atom is -0.445 e. The lowest BCUT2D eigenvalue weighted by Crippen LogP contribution is -2.46. The lowest BCUT2D eigenvalue weighted by Gasteiger charge is -2.34. The van der Waals surface area contributed by atoms with Crippen LogP contribution in [0.3, 0.4) is 0 Å². The minimum atomic E-state index is -0.429. The van der Waals surface area contributed by atoms with Gasteiger partial charge in [0.05, 0.1) is 12.6 Å². The van der Waals surface area contributed by atoms with Crippen molar-refractivity contribution >= 4 is 5.91 Å². The Hall–Kier alpha value is -2.22. The maximum Gasteiger partial charge on any atom is 0.276 e. The van der Waals surface area contributed by atoms with E-state index in [0.29, 0.717) is 42.1 Å². The van der Waals surface area contributed by atoms with Crippen LogP contribution in [0.25, 0.3) is 0 Å². The van der Waals surface area contributed by atoms with E-state index in [4.69, 9.17) is 13.7 Å². The molecule has 0 radical (unpaired) electrons. The Morgan fingerprint density at radius 1 is 1.23 bits per heavy atom. The molecule has 118 valence electrons. The number of morpholine rings is 1. The van der Waals surface area contributed by atoms with Gasteiger partial charge >= 0.3 is 0 Å². The van der Waals surface area contributed by atoms with Gasteiger partial charge in [0.2, 0.25) is 0 Å². The van der Waals surface area contributed by atoms with E-state index in [9.17, 15) is 4.79 Å². The molecule has 1 fully saturated rings. The number of carbonyl (C=O) groups is 1. The van der Waals surface area contributed by atoms with Gasteiger partial charge in [-0.15, -0.1) is 0 Å². The third-order valence-electron chi connectivity index (χ3n) is 3.47. The van der Waals surface area contributed by atoms with Crippen LogP contribution in [0.2, 0.25) is 0 Å². The highest BCUT2D eigenvalue weighted by molar-refractivity contribution is 5.93. The Labute approximate surface area is 127 Å². The monoisotopic (exact) mass is 306 g/mol. The molecule has 0 spiro atoms. The van der Waals surface area contributed by atoms with Crippen molar-refractivity contribution < 1.29 is 18.5 Å². The molecule has 22 heavy (non-hydrogen) atoms. The molecule has 1 amide bonds. The van der Waals surface area contributed by atoms with Gasteiger partial charge in [0.25, 0.3) is 11.8 Å². The highest BCUT2D eigenvalue weighted by Gasteiger charge is 2.34. The average Bonchev–Trinajstić information content (AvgIpc) is 3.03. The van der Waals surface area contributed by atoms with Gasteiger partial charge < -0.3 is 18.6 Å². The van der Waals surface area contributed by atoms with Crippen LogP contribution in [-0.4, -0.2) is 45.1 Å². The Morgan fingerprint density at radius 3 is 2.59 bits per heavy atom. The van der Waals surface area contributed by atoms with Crippen LogP contribution in [0.15, 0.2) is 8.94 Å². The predicted octanol–water partition coefficient (Wildman–Crippen LogP) is 1.59. The molecule has 2 atom stereocenters. The molecule has 0 bridgehead atoms. The van der Waals surface area contributed by atoms with E-state index in [1.807, 2.05) is 6.92 Å². The summed E-state index contributed by atoms with van der Waals surface area (Å²) < 4.78 is 16.3. The summed E-state index contributed by atoms with van der Waals surface area (Å²) in [6.07, 6.45) is -0.564. The van der Waals surface area contributed by atoms with Crippen LogP contribution in [-0.2, 0) is 4.74 Å². The summed E-state index contributed by atoms with van der Waals surface area (Å²) in [5, 5.41) is 3.77. The zero-order valence-electron chi connectivity index (χ0n) is 13.0. The SMILES string of the molecule is Cc1noc([C@H]2CN(C(=O)c3nc(C)oc3C)C[C@@H](C)O2)n1. The zero-order chi connectivity index (χ0) is 15.9. The van der Waals surface area contributed by atoms with Crippen LogP contribution in [0.5, 0.6) is 0 Å². The molecule has 1 aliphatic rings. The number of ether oxygens (including phenoxy) is 1. The first-order valence-corrected chi connectivity index (χ1v) is 7.13. The van der Waals surface area contributed by atoms with Crippen molar-refractivity contribution in [3.05, 3.63) is 29.1 Å². The normalized spacial score (nSPS) is 22.1. The van der Waals surface area contributed by atoms with Gasteiger partial charge in [-0.05, 0) is 20.8 Å². The highest BCUT2D eigenvalue weighted by atomic mass is 16.5. The number of nitrogens with zero attached hydrogens (tertiary/aromatic N) is 4. The second-order valence-corrected chi connectivity index (χ2v) is 5.46. The quantitative estimate of drug-likeness (QED) is 0.831. The van der Waals surface area contributed by atoms with E-state index in [1.165, 1.54) is 0 Å². The van der Waals surface area contributed by atoms with E-state index >= 15 is 0 Å². The summed E-state index contributed by atoms with van der Waals surface area (Å²) in [7, 11) is 0. The van der Waals surface area contributed by atoms with Crippen molar-refractivity contribution in [2.45, 2.75) is 39.9 Å². The van der Waals surface area contributed by atoms with E-state index in [-0.39, 0.29) is 12.0 Å². The Kier molecular flexibility index (Phi) is 3.69. The molecule has 8 nitrogen and oxygen atoms in total. The summed E-state index contributed by atoms with van der Waals surface area (Å²) in [6.45, 7) is 7.91. The standard InChI is InChI=1S/C14H18N4O4/c1-7-5-18(14(19)12-8(2)21-10(4)16-12)6-11(20-7)13-15-9(3)17-22-13/h7,11H,5-6H2,1-4H3/t7-,11-/m1/s1. The first-order valence-electron chi connectivity index (χ1n) is 7.13. The number of oxazole rings is 1. The fourth-order valence-electron chi connectivity index (χ4n) is 2.57. The van der Waals surface area contributed by atoms with Gasteiger partial charge in [0.1, 0.15) is 5.76 Å². The molecule has 0 aliphatic carbocycles. The number of hydrogen-bond donors (Lipinski definition) is 0. The van der Waals surface area contributed by atoms with Crippen molar-refractivity contribution in [2.75, 3.05) is 13.1 Å². The van der Waals surface area contributed by atoms with Gasteiger partial charge in [0.15, 0.2) is 23.5 Å². The fraction of sp³-hybridized carbons (Fsp3) is 0.571. The van der Waals surface area contributed by atoms with Crippen LogP contribution >= 0.6 is 0 Å². The lowest BCUT2D eigenvalue weighted by atomic mass is 10.2. The summed E-state index contributed by atoms with van der Waals surface area (Å²) in [6, 6.07) is 0. The Morgan fingerprint density at radius 2 is 2.00 bits per heavy atom. The summed E-state index contributed by atoms with van der Waals surface area (Å²) in [5.41, 5.74) is 0.340. The summed E-state index contributed by atoms with van der Waals surface area (Å²) >= 11 is 0. The van der Waals surface area contributed by atoms with Gasteiger partial charge in [-0.25, -0.2) is 4.98 Å². The van der Waals surface area contributed by atoms with E-state index in [2.05, 4.69) is 15.1 Å². The van der Waals surface area contributed by atoms with Crippen molar-refractivity contribution in [1.29, 1.82) is 0 Å². The highest BCUT2D eigenvalue weighted by Crippen LogP contribution is 2.25. The molecule has 0 saturated carbocycles. The maximum atomic E-state index is 12.6. The molecule has 0 aromatic carbocycles. The fourth-order valence-corrected chi connectivity index (χ4v) is 2.57. The topological polar surface area (TPSA) is 94.5 Å². The first kappa shape index (κ1) is 14.7. The smallest absolute Gasteiger partial charge is 0.276 e. The summed E-state index contributed by atoms with van der Waals surface area (Å²) in [5.74, 6) is 1.75. The largest absolute Gasteiger partial charge is 0.445 e. The van der Waals surface area contributed by atoms with Gasteiger partial charge in [-0.1, -0.05) is 5.16 Å². The molecular weight excluding hydrogens is 288 g/mol. The maximum absolute atomic E-state index is 12.6. The van der Waals surface area contributed by atoms with Gasteiger partial charge in [0, 0.05) is 13.5 Å². The lowest BCUT2D eigenvalue weighted by molar-refractivity contribution is -0.0811. The molecule has 1 aliphatic heterocycles. The minimum absolute atomic E-state index is 0.136. The van der Waals surface area contributed by atoms with Crippen molar-refractivity contribution in [3.63, 3.8) is 0 Å². The number of aromatic nitrogens is 3. The van der Waals surface area contributed by atoms with E-state index in [1.54, 1.807) is 25.7 Å². The summed E-state index contributed by atoms with van der Waals surface area (Å²) in [4.78, 5) is 22.7. The number of hydrogen-bond acceptors (Lipinski definition) is 7. The number of carbonyl (C=O) groups excluding carboxylic acids is 1. The second-order valence-electron chi connectivity index (χ2n) is 5.46. The van der Waals surface area contributed by atoms with Crippen LogP contribution in [0.1, 0.15) is 46.9 Å². The van der Waals surface area contributed by atoms with E-state index < -0.39 is 6.10 Å². The van der Waals surface area contributed by atoms with Crippen molar-refractivity contribution in [3.8, 4) is 0 Å². The molecule has 0 unspecified atom stereocenters. The van der Waals surface area contributed by atoms with Gasteiger partial charge in [-0.2, -0.15) is 4.98 Å². The van der Waals surface area contributed by atoms with Crippen LogP contribution in [0, 0.1) is 20.8 Å². The second kappa shape index (κ2) is 5.53. The number of aryl methyl sites for hydroxylation is 3. The van der Waals surface area contributed by atoms with Gasteiger partial charge in [-0.3, -0.25) is 4.79 Å². The number of amides is 1. The van der Waals surface area contributed by atoms with Crippen molar-refractivity contribution in [1.82, 2.24) is 20.0 Å². The van der Waals surface area contributed by atoms with Crippen LogP contribution < -0.4 is 0 Å². The molecule has 3 heterocycles. The van der Waals surface area contributed by atoms with Crippen molar-refractivity contribution in [2.24, 2.45) is 0 Å². The molecule has 3 rings (SSSR count). The Balaban J connectivity index is 1.81. The zero-order valence-corrected chi connectivity index (χ0v) is 13.0. The third-order valence-corrected chi connectivity index (χ3v) is 3.47. The number of rotatable bonds is 2. The molecule has 8 heteroatoms. The Bertz CT molecular complexity index is 693. The molecular formula is C14H18N4O4. The first-order chi connectivity index (χ1) is 10.4. The average molecular weight is 306 g/mol. The molecule has 0 N–H and O–H groups in total. The van der Waals surface area contributed by atoms with Crippen LogP contribution in [0.4, 0.5) is 0 Å². The molecule has 2 aromatic rings. The third kappa shape index (κ3) is 2.74. The predicted molar refractivity (Wildman–Crippen MR) is 74.2 cm³/mol. The van der Waals surface area contributed by atoms with E-state index in [0.717, 1.165) is 0 Å².